The van der Waals surface area contributed by atoms with Gasteiger partial charge in [-0.1, -0.05) is 6.42 Å². The van der Waals surface area contributed by atoms with Gasteiger partial charge in [0.25, 0.3) is 0 Å². The van der Waals surface area contributed by atoms with Gasteiger partial charge in [0.2, 0.25) is 10.0 Å². The lowest BCUT2D eigenvalue weighted by Crippen LogP contribution is -2.40. The van der Waals surface area contributed by atoms with Gasteiger partial charge in [0.1, 0.15) is 4.90 Å². The van der Waals surface area contributed by atoms with Gasteiger partial charge in [-0.25, -0.2) is 13.1 Å². The molecule has 19 heavy (non-hydrogen) atoms. The van der Waals surface area contributed by atoms with Crippen molar-refractivity contribution in [2.75, 3.05) is 0 Å². The quantitative estimate of drug-likeness (QED) is 0.721. The van der Waals surface area contributed by atoms with Crippen molar-refractivity contribution >= 4 is 10.0 Å². The number of nitrogens with one attached hydrogen (secondary N) is 3. The van der Waals surface area contributed by atoms with Gasteiger partial charge in [0.15, 0.2) is 0 Å². The van der Waals surface area contributed by atoms with Crippen molar-refractivity contribution < 1.29 is 8.42 Å². The summed E-state index contributed by atoms with van der Waals surface area (Å²) in [6.07, 6.45) is 5.32. The first kappa shape index (κ1) is 13.1. The second-order valence-electron chi connectivity index (χ2n) is 5.53. The number of aromatic amines is 1. The van der Waals surface area contributed by atoms with Crippen molar-refractivity contribution in [2.24, 2.45) is 0 Å². The third kappa shape index (κ3) is 2.82. The molecular weight excluding hydrogens is 264 g/mol. The molecule has 2 fully saturated rings. The molecule has 0 spiro atoms. The summed E-state index contributed by atoms with van der Waals surface area (Å²) in [5.41, 5.74) is 1.20. The molecule has 0 unspecified atom stereocenters. The van der Waals surface area contributed by atoms with Crippen LogP contribution in [0.4, 0.5) is 0 Å². The monoisotopic (exact) mass is 284 g/mol. The van der Waals surface area contributed by atoms with Crippen LogP contribution < -0.4 is 10.0 Å². The molecule has 106 valence electrons. The Kier molecular flexibility index (Phi) is 3.36. The maximum atomic E-state index is 12.4. The molecule has 1 aromatic heterocycles. The van der Waals surface area contributed by atoms with Crippen LogP contribution in [0.1, 0.15) is 43.5 Å². The molecule has 0 radical (unpaired) electrons. The number of aryl methyl sites for hydroxylation is 1. The summed E-state index contributed by atoms with van der Waals surface area (Å²) in [5, 5.41) is 10.2. The fourth-order valence-corrected chi connectivity index (χ4v) is 3.95. The second-order valence-corrected chi connectivity index (χ2v) is 7.18. The number of rotatable bonds is 6. The number of sulfonamides is 1. The molecule has 0 aliphatic heterocycles. The van der Waals surface area contributed by atoms with Crippen LogP contribution in [0, 0.1) is 6.92 Å². The first-order valence-electron chi connectivity index (χ1n) is 6.86. The SMILES string of the molecule is Cc1[nH]nc(CNC2CC2)c1S(=O)(=O)NC1CCC1. The normalized spacial score (nSPS) is 20.5. The standard InChI is InChI=1S/C12H20N4O2S/c1-8-12(19(17,18)16-10-3-2-4-10)11(15-14-8)7-13-9-5-6-9/h9-10,13,16H,2-7H2,1H3,(H,14,15). The van der Waals surface area contributed by atoms with E-state index >= 15 is 0 Å². The summed E-state index contributed by atoms with van der Waals surface area (Å²) in [4.78, 5) is 0.326. The highest BCUT2D eigenvalue weighted by molar-refractivity contribution is 7.89. The Hall–Kier alpha value is -0.920. The summed E-state index contributed by atoms with van der Waals surface area (Å²) in [5.74, 6) is 0. The van der Waals surface area contributed by atoms with Gasteiger partial charge in [-0.3, -0.25) is 5.10 Å². The average molecular weight is 284 g/mol. The molecule has 3 N–H and O–H groups in total. The van der Waals surface area contributed by atoms with Gasteiger partial charge >= 0.3 is 0 Å². The van der Waals surface area contributed by atoms with Crippen LogP contribution >= 0.6 is 0 Å². The fraction of sp³-hybridized carbons (Fsp3) is 0.750. The van der Waals surface area contributed by atoms with Crippen LogP contribution in [0.5, 0.6) is 0 Å². The molecule has 0 saturated heterocycles. The summed E-state index contributed by atoms with van der Waals surface area (Å²) in [6.45, 7) is 2.26. The Morgan fingerprint density at radius 1 is 1.26 bits per heavy atom. The van der Waals surface area contributed by atoms with Crippen LogP contribution in [-0.4, -0.2) is 30.7 Å². The van der Waals surface area contributed by atoms with E-state index in [1.807, 2.05) is 0 Å². The van der Waals surface area contributed by atoms with E-state index in [1.165, 1.54) is 12.8 Å². The van der Waals surface area contributed by atoms with Crippen molar-refractivity contribution in [3.8, 4) is 0 Å². The van der Waals surface area contributed by atoms with Gasteiger partial charge in [0, 0.05) is 18.6 Å². The van der Waals surface area contributed by atoms with Crippen molar-refractivity contribution in [1.82, 2.24) is 20.2 Å². The third-order valence-electron chi connectivity index (χ3n) is 3.79. The van der Waals surface area contributed by atoms with Gasteiger partial charge in [-0.15, -0.1) is 0 Å². The Bertz CT molecular complexity index is 558. The van der Waals surface area contributed by atoms with Crippen molar-refractivity contribution in [3.05, 3.63) is 11.4 Å². The zero-order valence-corrected chi connectivity index (χ0v) is 11.9. The van der Waals surface area contributed by atoms with Crippen LogP contribution in [-0.2, 0) is 16.6 Å². The average Bonchev–Trinajstić information content (AvgIpc) is 3.05. The molecule has 0 bridgehead atoms. The molecule has 2 aliphatic rings. The highest BCUT2D eigenvalue weighted by Crippen LogP contribution is 2.24. The predicted octanol–water partition coefficient (Wildman–Crippen LogP) is 0.801. The topological polar surface area (TPSA) is 86.9 Å². The van der Waals surface area contributed by atoms with E-state index in [4.69, 9.17) is 0 Å². The van der Waals surface area contributed by atoms with Gasteiger partial charge in [0.05, 0.1) is 11.4 Å². The Morgan fingerprint density at radius 3 is 2.58 bits per heavy atom. The van der Waals surface area contributed by atoms with Gasteiger partial charge in [-0.2, -0.15) is 5.10 Å². The van der Waals surface area contributed by atoms with Crippen LogP contribution in [0.25, 0.3) is 0 Å². The fourth-order valence-electron chi connectivity index (χ4n) is 2.28. The lowest BCUT2D eigenvalue weighted by Gasteiger charge is -2.26. The summed E-state index contributed by atoms with van der Waals surface area (Å²) < 4.78 is 27.6. The molecule has 3 rings (SSSR count). The number of hydrogen-bond donors (Lipinski definition) is 3. The molecule has 0 atom stereocenters. The largest absolute Gasteiger partial charge is 0.308 e. The number of nitrogens with zero attached hydrogens (tertiary/aromatic N) is 1. The maximum Gasteiger partial charge on any atom is 0.244 e. The number of hydrogen-bond acceptors (Lipinski definition) is 4. The van der Waals surface area contributed by atoms with Crippen LogP contribution in [0.15, 0.2) is 4.90 Å². The molecule has 6 nitrogen and oxygen atoms in total. The van der Waals surface area contributed by atoms with Crippen LogP contribution in [0.3, 0.4) is 0 Å². The summed E-state index contributed by atoms with van der Waals surface area (Å²) in [6, 6.07) is 0.635. The summed E-state index contributed by atoms with van der Waals surface area (Å²) in [7, 11) is -3.45. The first-order chi connectivity index (χ1) is 9.06. The molecule has 0 aromatic carbocycles. The Labute approximate surface area is 113 Å². The van der Waals surface area contributed by atoms with Gasteiger partial charge in [-0.05, 0) is 32.6 Å². The van der Waals surface area contributed by atoms with E-state index in [2.05, 4.69) is 20.2 Å². The second kappa shape index (κ2) is 4.88. The Balaban J connectivity index is 1.78. The zero-order valence-electron chi connectivity index (χ0n) is 11.1. The van der Waals surface area contributed by atoms with E-state index in [-0.39, 0.29) is 6.04 Å². The Morgan fingerprint density at radius 2 is 2.00 bits per heavy atom. The molecule has 1 heterocycles. The van der Waals surface area contributed by atoms with E-state index in [0.717, 1.165) is 19.3 Å². The molecular formula is C12H20N4O2S. The van der Waals surface area contributed by atoms with E-state index in [9.17, 15) is 8.42 Å². The lowest BCUT2D eigenvalue weighted by molar-refractivity contribution is 0.383. The number of H-pyrrole nitrogens is 1. The lowest BCUT2D eigenvalue weighted by atomic mass is 9.94. The molecule has 1 aromatic rings. The van der Waals surface area contributed by atoms with E-state index in [1.54, 1.807) is 6.92 Å². The van der Waals surface area contributed by atoms with E-state index in [0.29, 0.717) is 28.9 Å². The molecule has 0 amide bonds. The molecule has 2 aliphatic carbocycles. The third-order valence-corrected chi connectivity index (χ3v) is 5.52. The molecule has 7 heteroatoms. The van der Waals surface area contributed by atoms with Crippen LogP contribution in [0.2, 0.25) is 0 Å². The minimum Gasteiger partial charge on any atom is -0.308 e. The summed E-state index contributed by atoms with van der Waals surface area (Å²) >= 11 is 0. The first-order valence-corrected chi connectivity index (χ1v) is 8.34. The number of aromatic nitrogens is 2. The highest BCUT2D eigenvalue weighted by Gasteiger charge is 2.30. The smallest absolute Gasteiger partial charge is 0.244 e. The van der Waals surface area contributed by atoms with Crippen molar-refractivity contribution in [2.45, 2.75) is 62.6 Å². The zero-order chi connectivity index (χ0) is 13.5. The maximum absolute atomic E-state index is 12.4. The predicted molar refractivity (Wildman–Crippen MR) is 71.1 cm³/mol. The van der Waals surface area contributed by atoms with E-state index < -0.39 is 10.0 Å². The molecule has 2 saturated carbocycles. The van der Waals surface area contributed by atoms with Crippen molar-refractivity contribution in [3.63, 3.8) is 0 Å². The minimum atomic E-state index is -3.45. The van der Waals surface area contributed by atoms with Crippen molar-refractivity contribution in [1.29, 1.82) is 0 Å². The highest BCUT2D eigenvalue weighted by atomic mass is 32.2. The minimum absolute atomic E-state index is 0.101. The van der Waals surface area contributed by atoms with Gasteiger partial charge < -0.3 is 5.32 Å².